The average molecular weight is 364 g/mol. The van der Waals surface area contributed by atoms with Crippen molar-refractivity contribution in [3.63, 3.8) is 0 Å². The second-order valence-corrected chi connectivity index (χ2v) is 6.52. The number of rotatable bonds is 6. The van der Waals surface area contributed by atoms with Crippen LogP contribution in [-0.2, 0) is 14.8 Å². The lowest BCUT2D eigenvalue weighted by Crippen LogP contribution is -2.18. The van der Waals surface area contributed by atoms with Crippen molar-refractivity contribution in [1.82, 2.24) is 0 Å². The van der Waals surface area contributed by atoms with Crippen molar-refractivity contribution in [2.45, 2.75) is 4.90 Å². The van der Waals surface area contributed by atoms with Crippen LogP contribution in [0.5, 0.6) is 5.75 Å². The first-order chi connectivity index (χ1) is 11.8. The number of carbonyl (C=O) groups is 2. The van der Waals surface area contributed by atoms with E-state index in [2.05, 4.69) is 9.46 Å². The van der Waals surface area contributed by atoms with Crippen molar-refractivity contribution in [2.75, 3.05) is 18.9 Å². The molecule has 0 radical (unpaired) electrons. The summed E-state index contributed by atoms with van der Waals surface area (Å²) < 4.78 is 37.4. The SMILES string of the molecule is COC(=O)c1ccccc1S(=O)(=O)Nc1cc(C(N)=O)ccc1OC. The largest absolute Gasteiger partial charge is 0.495 e. The molecule has 3 N–H and O–H groups in total. The Morgan fingerprint density at radius 1 is 1.08 bits per heavy atom. The van der Waals surface area contributed by atoms with Crippen LogP contribution < -0.4 is 15.2 Å². The van der Waals surface area contributed by atoms with Gasteiger partial charge in [-0.2, -0.15) is 0 Å². The summed E-state index contributed by atoms with van der Waals surface area (Å²) in [4.78, 5) is 22.8. The molecule has 0 aliphatic heterocycles. The van der Waals surface area contributed by atoms with Crippen LogP contribution in [0.15, 0.2) is 47.4 Å². The monoisotopic (exact) mass is 364 g/mol. The Balaban J connectivity index is 2.52. The van der Waals surface area contributed by atoms with Crippen LogP contribution in [-0.4, -0.2) is 34.5 Å². The molecule has 0 unspecified atom stereocenters. The van der Waals surface area contributed by atoms with Gasteiger partial charge in [-0.15, -0.1) is 0 Å². The molecule has 0 aliphatic rings. The van der Waals surface area contributed by atoms with Crippen molar-refractivity contribution in [1.29, 1.82) is 0 Å². The summed E-state index contributed by atoms with van der Waals surface area (Å²) in [5.74, 6) is -1.33. The standard InChI is InChI=1S/C16H16N2O6S/c1-23-13-8-7-10(15(17)19)9-12(13)18-25(21,22)14-6-4-3-5-11(14)16(20)24-2/h3-9,18H,1-2H3,(H2,17,19). The number of methoxy groups -OCH3 is 2. The molecule has 2 rings (SSSR count). The molecule has 25 heavy (non-hydrogen) atoms. The molecule has 0 atom stereocenters. The van der Waals surface area contributed by atoms with Crippen molar-refractivity contribution in [3.05, 3.63) is 53.6 Å². The third-order valence-corrected chi connectivity index (χ3v) is 4.73. The van der Waals surface area contributed by atoms with Gasteiger partial charge in [0.25, 0.3) is 10.0 Å². The molecule has 0 fully saturated rings. The van der Waals surface area contributed by atoms with Crippen molar-refractivity contribution >= 4 is 27.6 Å². The van der Waals surface area contributed by atoms with E-state index >= 15 is 0 Å². The number of hydrogen-bond donors (Lipinski definition) is 2. The minimum Gasteiger partial charge on any atom is -0.495 e. The van der Waals surface area contributed by atoms with E-state index in [0.29, 0.717) is 0 Å². The number of nitrogens with two attached hydrogens (primary N) is 1. The molecule has 0 heterocycles. The van der Waals surface area contributed by atoms with E-state index in [1.165, 1.54) is 49.6 Å². The summed E-state index contributed by atoms with van der Waals surface area (Å²) in [6, 6.07) is 9.64. The topological polar surface area (TPSA) is 125 Å². The predicted octanol–water partition coefficient (Wildman–Crippen LogP) is 1.38. The Morgan fingerprint density at radius 2 is 1.76 bits per heavy atom. The van der Waals surface area contributed by atoms with Gasteiger partial charge < -0.3 is 15.2 Å². The number of esters is 1. The maximum absolute atomic E-state index is 12.7. The second kappa shape index (κ2) is 7.22. The lowest BCUT2D eigenvalue weighted by Gasteiger charge is -2.14. The minimum atomic E-state index is -4.16. The molecule has 2 aromatic rings. The van der Waals surface area contributed by atoms with E-state index in [4.69, 9.17) is 10.5 Å². The van der Waals surface area contributed by atoms with E-state index in [1.54, 1.807) is 0 Å². The van der Waals surface area contributed by atoms with Crippen LogP contribution >= 0.6 is 0 Å². The smallest absolute Gasteiger partial charge is 0.339 e. The van der Waals surface area contributed by atoms with Crippen LogP contribution in [0.3, 0.4) is 0 Å². The fourth-order valence-corrected chi connectivity index (χ4v) is 3.38. The van der Waals surface area contributed by atoms with Crippen LogP contribution in [0.25, 0.3) is 0 Å². The Kier molecular flexibility index (Phi) is 5.28. The Bertz CT molecular complexity index is 924. The molecule has 0 bridgehead atoms. The Morgan fingerprint density at radius 3 is 2.36 bits per heavy atom. The summed E-state index contributed by atoms with van der Waals surface area (Å²) in [6.45, 7) is 0. The zero-order chi connectivity index (χ0) is 18.6. The third kappa shape index (κ3) is 3.89. The van der Waals surface area contributed by atoms with Crippen molar-refractivity contribution in [3.8, 4) is 5.75 Å². The molecule has 132 valence electrons. The highest BCUT2D eigenvalue weighted by Gasteiger charge is 2.24. The Labute approximate surface area is 144 Å². The summed E-state index contributed by atoms with van der Waals surface area (Å²) in [6.07, 6.45) is 0. The zero-order valence-electron chi connectivity index (χ0n) is 13.5. The summed E-state index contributed by atoms with van der Waals surface area (Å²) in [5.41, 5.74) is 5.20. The lowest BCUT2D eigenvalue weighted by molar-refractivity contribution is 0.0596. The van der Waals surface area contributed by atoms with Gasteiger partial charge in [-0.25, -0.2) is 13.2 Å². The highest BCUT2D eigenvalue weighted by molar-refractivity contribution is 7.92. The van der Waals surface area contributed by atoms with E-state index in [-0.39, 0.29) is 27.5 Å². The molecule has 1 amide bonds. The molecule has 0 saturated carbocycles. The molecule has 9 heteroatoms. The van der Waals surface area contributed by atoms with Crippen LogP contribution in [0, 0.1) is 0 Å². The van der Waals surface area contributed by atoms with E-state index in [9.17, 15) is 18.0 Å². The van der Waals surface area contributed by atoms with Crippen LogP contribution in [0.2, 0.25) is 0 Å². The van der Waals surface area contributed by atoms with E-state index in [1.807, 2.05) is 0 Å². The van der Waals surface area contributed by atoms with E-state index < -0.39 is 21.9 Å². The quantitative estimate of drug-likeness (QED) is 0.746. The first kappa shape index (κ1) is 18.3. The van der Waals surface area contributed by atoms with Gasteiger partial charge in [-0.05, 0) is 30.3 Å². The molecule has 0 aromatic heterocycles. The zero-order valence-corrected chi connectivity index (χ0v) is 14.3. The van der Waals surface area contributed by atoms with Gasteiger partial charge in [0.15, 0.2) is 0 Å². The van der Waals surface area contributed by atoms with Gasteiger partial charge in [-0.3, -0.25) is 9.52 Å². The number of hydrogen-bond acceptors (Lipinski definition) is 6. The lowest BCUT2D eigenvalue weighted by atomic mass is 10.2. The predicted molar refractivity (Wildman–Crippen MR) is 90.1 cm³/mol. The van der Waals surface area contributed by atoms with E-state index in [0.717, 1.165) is 7.11 Å². The molecule has 2 aromatic carbocycles. The number of carbonyl (C=O) groups excluding carboxylic acids is 2. The van der Waals surface area contributed by atoms with Crippen LogP contribution in [0.4, 0.5) is 5.69 Å². The highest BCUT2D eigenvalue weighted by Crippen LogP contribution is 2.29. The van der Waals surface area contributed by atoms with Gasteiger partial charge in [0.05, 0.1) is 25.5 Å². The number of sulfonamides is 1. The molecule has 8 nitrogen and oxygen atoms in total. The highest BCUT2D eigenvalue weighted by atomic mass is 32.2. The molecule has 0 aliphatic carbocycles. The summed E-state index contributed by atoms with van der Waals surface area (Å²) >= 11 is 0. The van der Waals surface area contributed by atoms with Gasteiger partial charge >= 0.3 is 5.97 Å². The maximum Gasteiger partial charge on any atom is 0.339 e. The third-order valence-electron chi connectivity index (χ3n) is 3.31. The summed E-state index contributed by atoms with van der Waals surface area (Å²) in [5, 5.41) is 0. The van der Waals surface area contributed by atoms with Crippen molar-refractivity contribution < 1.29 is 27.5 Å². The fourth-order valence-electron chi connectivity index (χ4n) is 2.12. The molecular formula is C16H16N2O6S. The Hall–Kier alpha value is -3.07. The van der Waals surface area contributed by atoms with Gasteiger partial charge in [0.1, 0.15) is 10.6 Å². The molecule has 0 saturated heterocycles. The van der Waals surface area contributed by atoms with Gasteiger partial charge in [0, 0.05) is 5.56 Å². The van der Waals surface area contributed by atoms with Crippen LogP contribution in [0.1, 0.15) is 20.7 Å². The molecular weight excluding hydrogens is 348 g/mol. The average Bonchev–Trinajstić information content (AvgIpc) is 2.60. The first-order valence-corrected chi connectivity index (χ1v) is 8.46. The normalized spacial score (nSPS) is 10.8. The van der Waals surface area contributed by atoms with Gasteiger partial charge in [0.2, 0.25) is 5.91 Å². The molecule has 0 spiro atoms. The van der Waals surface area contributed by atoms with Gasteiger partial charge in [-0.1, -0.05) is 12.1 Å². The number of anilines is 1. The summed E-state index contributed by atoms with van der Waals surface area (Å²) in [7, 11) is -1.66. The number of primary amides is 1. The number of benzene rings is 2. The van der Waals surface area contributed by atoms with Crippen molar-refractivity contribution in [2.24, 2.45) is 5.73 Å². The maximum atomic E-state index is 12.7. The fraction of sp³-hybridized carbons (Fsp3) is 0.125. The first-order valence-electron chi connectivity index (χ1n) is 6.98. The number of ether oxygens (including phenoxy) is 2. The minimum absolute atomic E-state index is 0.0125. The number of amides is 1. The number of nitrogens with one attached hydrogen (secondary N) is 1. The second-order valence-electron chi connectivity index (χ2n) is 4.87.